The standard InChI is InChI=1S/C23H29N5O3/c1-13-6-7-14(8-13)11-25-23(31)19-10-15-9-18(15)28(19)20(29)12-27-17-5-3-2-4-16(17)21(26-27)22(24)30/h2-5,13-15,18-19H,6-12H2,1H3,(H2,24,30)(H,25,31)/t13-,14-,15-,18-,19+/m1/s1. The minimum Gasteiger partial charge on any atom is -0.364 e. The Labute approximate surface area is 181 Å². The van der Waals surface area contributed by atoms with Crippen LogP contribution in [0.4, 0.5) is 0 Å². The van der Waals surface area contributed by atoms with E-state index in [1.54, 1.807) is 11.0 Å². The van der Waals surface area contributed by atoms with Crippen LogP contribution in [0, 0.1) is 17.8 Å². The second-order valence-corrected chi connectivity index (χ2v) is 9.53. The maximum absolute atomic E-state index is 13.3. The number of nitrogens with two attached hydrogens (primary N) is 1. The molecule has 1 aliphatic heterocycles. The highest BCUT2D eigenvalue weighted by Crippen LogP contribution is 2.48. The number of likely N-dealkylation sites (tertiary alicyclic amines) is 1. The first kappa shape index (κ1) is 20.0. The van der Waals surface area contributed by atoms with Gasteiger partial charge in [0.25, 0.3) is 5.91 Å². The number of rotatable bonds is 6. The maximum atomic E-state index is 13.3. The van der Waals surface area contributed by atoms with Gasteiger partial charge in [0.15, 0.2) is 5.69 Å². The first-order chi connectivity index (χ1) is 14.9. The van der Waals surface area contributed by atoms with Crippen LogP contribution in [0.5, 0.6) is 0 Å². The molecule has 8 heteroatoms. The lowest BCUT2D eigenvalue weighted by Gasteiger charge is -2.27. The molecule has 2 heterocycles. The van der Waals surface area contributed by atoms with Crippen LogP contribution in [-0.2, 0) is 16.1 Å². The number of piperidine rings is 1. The van der Waals surface area contributed by atoms with E-state index in [-0.39, 0.29) is 30.1 Å². The zero-order chi connectivity index (χ0) is 21.7. The van der Waals surface area contributed by atoms with E-state index < -0.39 is 11.9 Å². The summed E-state index contributed by atoms with van der Waals surface area (Å²) in [5, 5.41) is 8.04. The van der Waals surface area contributed by atoms with Crippen molar-refractivity contribution in [3.05, 3.63) is 30.0 Å². The summed E-state index contributed by atoms with van der Waals surface area (Å²) in [5.41, 5.74) is 6.32. The van der Waals surface area contributed by atoms with Crippen LogP contribution in [0.25, 0.3) is 10.9 Å². The van der Waals surface area contributed by atoms with Crippen LogP contribution in [0.2, 0.25) is 0 Å². The molecule has 2 aliphatic carbocycles. The van der Waals surface area contributed by atoms with E-state index in [2.05, 4.69) is 17.3 Å². The molecule has 0 spiro atoms. The second kappa shape index (κ2) is 7.66. The molecule has 8 nitrogen and oxygen atoms in total. The van der Waals surface area contributed by atoms with E-state index in [4.69, 9.17) is 5.73 Å². The molecule has 5 atom stereocenters. The molecule has 0 unspecified atom stereocenters. The first-order valence-corrected chi connectivity index (χ1v) is 11.3. The number of hydrogen-bond acceptors (Lipinski definition) is 4. The van der Waals surface area contributed by atoms with Gasteiger partial charge in [-0.05, 0) is 49.5 Å². The summed E-state index contributed by atoms with van der Waals surface area (Å²) in [4.78, 5) is 39.7. The molecule has 2 saturated carbocycles. The smallest absolute Gasteiger partial charge is 0.269 e. The zero-order valence-corrected chi connectivity index (χ0v) is 17.8. The molecule has 164 valence electrons. The lowest BCUT2D eigenvalue weighted by Crippen LogP contribution is -2.49. The summed E-state index contributed by atoms with van der Waals surface area (Å²) >= 11 is 0. The monoisotopic (exact) mass is 423 g/mol. The van der Waals surface area contributed by atoms with Gasteiger partial charge in [0.1, 0.15) is 12.6 Å². The van der Waals surface area contributed by atoms with Gasteiger partial charge in [0.05, 0.1) is 5.52 Å². The Morgan fingerprint density at radius 3 is 2.71 bits per heavy atom. The molecule has 0 radical (unpaired) electrons. The van der Waals surface area contributed by atoms with Crippen molar-refractivity contribution in [3.8, 4) is 0 Å². The summed E-state index contributed by atoms with van der Waals surface area (Å²) in [6, 6.07) is 6.97. The largest absolute Gasteiger partial charge is 0.364 e. The van der Waals surface area contributed by atoms with Crippen molar-refractivity contribution < 1.29 is 14.4 Å². The van der Waals surface area contributed by atoms with Crippen LogP contribution in [0.3, 0.4) is 0 Å². The van der Waals surface area contributed by atoms with Gasteiger partial charge in [-0.2, -0.15) is 5.10 Å². The number of carbonyl (C=O) groups excluding carboxylic acids is 3. The molecular formula is C23H29N5O3. The number of para-hydroxylation sites is 1. The van der Waals surface area contributed by atoms with E-state index in [9.17, 15) is 14.4 Å². The van der Waals surface area contributed by atoms with Crippen molar-refractivity contribution in [2.45, 2.75) is 57.7 Å². The Morgan fingerprint density at radius 2 is 1.97 bits per heavy atom. The van der Waals surface area contributed by atoms with Crippen LogP contribution in [-0.4, -0.2) is 51.0 Å². The third-order valence-corrected chi connectivity index (χ3v) is 7.24. The molecule has 3 aliphatic rings. The minimum absolute atomic E-state index is 0.0130. The predicted molar refractivity (Wildman–Crippen MR) is 115 cm³/mol. The van der Waals surface area contributed by atoms with Gasteiger partial charge >= 0.3 is 0 Å². The summed E-state index contributed by atoms with van der Waals surface area (Å²) in [5.74, 6) is 0.896. The van der Waals surface area contributed by atoms with Crippen molar-refractivity contribution in [3.63, 3.8) is 0 Å². The predicted octanol–water partition coefficient (Wildman–Crippen LogP) is 1.68. The molecule has 31 heavy (non-hydrogen) atoms. The quantitative estimate of drug-likeness (QED) is 0.736. The van der Waals surface area contributed by atoms with E-state index in [0.29, 0.717) is 29.3 Å². The number of amides is 3. The normalized spacial score (nSPS) is 29.2. The average Bonchev–Trinajstić information content (AvgIpc) is 3.08. The van der Waals surface area contributed by atoms with Crippen LogP contribution in [0.15, 0.2) is 24.3 Å². The number of benzene rings is 1. The average molecular weight is 424 g/mol. The Bertz CT molecular complexity index is 1050. The molecular weight excluding hydrogens is 394 g/mol. The lowest BCUT2D eigenvalue weighted by molar-refractivity contribution is -0.140. The molecule has 1 saturated heterocycles. The molecule has 0 bridgehead atoms. The Hall–Kier alpha value is -2.90. The van der Waals surface area contributed by atoms with Gasteiger partial charge in [-0.15, -0.1) is 0 Å². The maximum Gasteiger partial charge on any atom is 0.269 e. The summed E-state index contributed by atoms with van der Waals surface area (Å²) in [6.45, 7) is 2.94. The van der Waals surface area contributed by atoms with E-state index in [0.717, 1.165) is 31.6 Å². The van der Waals surface area contributed by atoms with Crippen LogP contribution in [0.1, 0.15) is 49.5 Å². The van der Waals surface area contributed by atoms with E-state index >= 15 is 0 Å². The third kappa shape index (κ3) is 3.68. The summed E-state index contributed by atoms with van der Waals surface area (Å²) in [7, 11) is 0. The highest BCUT2D eigenvalue weighted by atomic mass is 16.2. The Morgan fingerprint density at radius 1 is 1.16 bits per heavy atom. The van der Waals surface area contributed by atoms with Crippen LogP contribution < -0.4 is 11.1 Å². The molecule has 3 amide bonds. The van der Waals surface area contributed by atoms with Crippen molar-refractivity contribution in [2.75, 3.05) is 6.54 Å². The van der Waals surface area contributed by atoms with E-state index in [1.807, 2.05) is 18.2 Å². The van der Waals surface area contributed by atoms with Crippen molar-refractivity contribution in [1.29, 1.82) is 0 Å². The Balaban J connectivity index is 1.30. The number of nitrogens with zero attached hydrogens (tertiary/aromatic N) is 3. The topological polar surface area (TPSA) is 110 Å². The highest BCUT2D eigenvalue weighted by molar-refractivity contribution is 6.04. The number of primary amides is 1. The molecule has 3 fully saturated rings. The number of nitrogens with one attached hydrogen (secondary N) is 1. The van der Waals surface area contributed by atoms with Crippen molar-refractivity contribution >= 4 is 28.6 Å². The number of carbonyl (C=O) groups is 3. The fraction of sp³-hybridized carbons (Fsp3) is 0.565. The fourth-order valence-corrected chi connectivity index (χ4v) is 5.56. The number of hydrogen-bond donors (Lipinski definition) is 2. The molecule has 5 rings (SSSR count). The molecule has 3 N–H and O–H groups in total. The molecule has 1 aromatic carbocycles. The van der Waals surface area contributed by atoms with Gasteiger partial charge in [0, 0.05) is 18.0 Å². The van der Waals surface area contributed by atoms with Gasteiger partial charge in [-0.3, -0.25) is 19.1 Å². The zero-order valence-electron chi connectivity index (χ0n) is 17.8. The highest BCUT2D eigenvalue weighted by Gasteiger charge is 2.56. The number of aromatic nitrogens is 2. The molecule has 2 aromatic rings. The SMILES string of the molecule is C[C@@H]1CC[C@@H](CNC(=O)[C@@H]2C[C@H]3C[C@H]3N2C(=O)Cn2nc(C(N)=O)c3ccccc32)C1. The van der Waals surface area contributed by atoms with Gasteiger partial charge in [-0.1, -0.05) is 31.5 Å². The second-order valence-electron chi connectivity index (χ2n) is 9.53. The first-order valence-electron chi connectivity index (χ1n) is 11.3. The third-order valence-electron chi connectivity index (χ3n) is 7.24. The van der Waals surface area contributed by atoms with Gasteiger partial charge < -0.3 is 16.0 Å². The van der Waals surface area contributed by atoms with Crippen LogP contribution >= 0.6 is 0 Å². The van der Waals surface area contributed by atoms with Crippen molar-refractivity contribution in [1.82, 2.24) is 20.0 Å². The Kier molecular flexibility index (Phi) is 4.95. The van der Waals surface area contributed by atoms with Gasteiger partial charge in [-0.25, -0.2) is 0 Å². The summed E-state index contributed by atoms with van der Waals surface area (Å²) in [6.07, 6.45) is 5.24. The minimum atomic E-state index is -0.621. The fourth-order valence-electron chi connectivity index (χ4n) is 5.56. The van der Waals surface area contributed by atoms with Gasteiger partial charge in [0.2, 0.25) is 11.8 Å². The molecule has 1 aromatic heterocycles. The lowest BCUT2D eigenvalue weighted by atomic mass is 10.1. The van der Waals surface area contributed by atoms with Crippen molar-refractivity contribution in [2.24, 2.45) is 23.5 Å². The number of fused-ring (bicyclic) bond motifs is 2. The van der Waals surface area contributed by atoms with E-state index in [1.165, 1.54) is 11.1 Å². The summed E-state index contributed by atoms with van der Waals surface area (Å²) < 4.78 is 1.53.